The second-order valence-electron chi connectivity index (χ2n) is 2.47. The zero-order chi connectivity index (χ0) is 9.10. The summed E-state index contributed by atoms with van der Waals surface area (Å²) in [5.74, 6) is -0.0602. The first-order chi connectivity index (χ1) is 6.34. The van der Waals surface area contributed by atoms with Crippen LogP contribution in [0.1, 0.15) is 11.4 Å². The van der Waals surface area contributed by atoms with Gasteiger partial charge in [-0.3, -0.25) is 9.51 Å². The van der Waals surface area contributed by atoms with Gasteiger partial charge >= 0.3 is 5.76 Å². The van der Waals surface area contributed by atoms with Crippen molar-refractivity contribution in [2.45, 2.75) is 6.42 Å². The summed E-state index contributed by atoms with van der Waals surface area (Å²) in [5.41, 5.74) is 0.916. The third kappa shape index (κ3) is 1.78. The zero-order valence-corrected chi connectivity index (χ0v) is 6.60. The molecule has 0 aliphatic carbocycles. The molecule has 0 atom stereocenters. The normalized spacial score (nSPS) is 10.2. The van der Waals surface area contributed by atoms with Crippen molar-refractivity contribution in [3.8, 4) is 0 Å². The Morgan fingerprint density at radius 1 is 1.46 bits per heavy atom. The summed E-state index contributed by atoms with van der Waals surface area (Å²) in [6.07, 6.45) is 3.67. The third-order valence-electron chi connectivity index (χ3n) is 1.50. The summed E-state index contributed by atoms with van der Waals surface area (Å²) < 4.78 is 4.34. The summed E-state index contributed by atoms with van der Waals surface area (Å²) in [6.45, 7) is 0. The Bertz CT molecular complexity index is 433. The first-order valence-corrected chi connectivity index (χ1v) is 3.65. The first kappa shape index (κ1) is 7.66. The minimum Gasteiger partial charge on any atom is -0.296 e. The van der Waals surface area contributed by atoms with Crippen LogP contribution in [-0.4, -0.2) is 20.3 Å². The van der Waals surface area contributed by atoms with Gasteiger partial charge in [-0.25, -0.2) is 4.79 Å². The van der Waals surface area contributed by atoms with E-state index in [0.29, 0.717) is 12.2 Å². The fourth-order valence-electron chi connectivity index (χ4n) is 0.952. The predicted octanol–water partition coefficient (Wildman–Crippen LogP) is -0.256. The van der Waals surface area contributed by atoms with Gasteiger partial charge < -0.3 is 0 Å². The second kappa shape index (κ2) is 3.18. The van der Waals surface area contributed by atoms with E-state index in [1.54, 1.807) is 18.5 Å². The molecule has 2 aromatic rings. The molecule has 0 spiro atoms. The van der Waals surface area contributed by atoms with Gasteiger partial charge in [-0.15, -0.1) is 0 Å². The van der Waals surface area contributed by atoms with Crippen LogP contribution in [0.5, 0.6) is 0 Å². The van der Waals surface area contributed by atoms with Crippen LogP contribution < -0.4 is 5.76 Å². The highest BCUT2D eigenvalue weighted by molar-refractivity contribution is 5.10. The van der Waals surface area contributed by atoms with Crippen LogP contribution in [0.25, 0.3) is 0 Å². The van der Waals surface area contributed by atoms with Crippen molar-refractivity contribution >= 4 is 0 Å². The summed E-state index contributed by atoms with van der Waals surface area (Å²) >= 11 is 0. The van der Waals surface area contributed by atoms with E-state index in [1.165, 1.54) is 0 Å². The fourth-order valence-corrected chi connectivity index (χ4v) is 0.952. The van der Waals surface area contributed by atoms with Crippen LogP contribution >= 0.6 is 0 Å². The van der Waals surface area contributed by atoms with Crippen LogP contribution in [0.3, 0.4) is 0 Å². The average molecular weight is 178 g/mol. The molecule has 0 fully saturated rings. The van der Waals surface area contributed by atoms with E-state index in [1.807, 2.05) is 0 Å². The molecule has 0 aromatic carbocycles. The monoisotopic (exact) mass is 178 g/mol. The predicted molar refractivity (Wildman–Crippen MR) is 42.0 cm³/mol. The highest BCUT2D eigenvalue weighted by atomic mass is 16.5. The third-order valence-corrected chi connectivity index (χ3v) is 1.50. The molecule has 2 heterocycles. The summed E-state index contributed by atoms with van der Waals surface area (Å²) in [4.78, 5) is 13.0. The highest BCUT2D eigenvalue weighted by Crippen LogP contribution is 1.99. The zero-order valence-electron chi connectivity index (χ0n) is 6.60. The molecule has 0 bridgehead atoms. The maximum absolute atomic E-state index is 10.6. The second-order valence-corrected chi connectivity index (χ2v) is 2.47. The van der Waals surface area contributed by atoms with Crippen molar-refractivity contribution in [2.24, 2.45) is 0 Å². The lowest BCUT2D eigenvalue weighted by Crippen LogP contribution is -1.98. The Morgan fingerprint density at radius 2 is 2.38 bits per heavy atom. The standard InChI is InChI=1S/C7H6N4O2/c12-7-10-6(11-13-7)3-5-1-2-8-9-4-5/h1-2,4H,3H2,(H,10,11,12). The first-order valence-electron chi connectivity index (χ1n) is 3.65. The molecule has 1 N–H and O–H groups in total. The average Bonchev–Trinajstić information content (AvgIpc) is 2.53. The number of H-pyrrole nitrogens is 1. The lowest BCUT2D eigenvalue weighted by Gasteiger charge is -1.92. The van der Waals surface area contributed by atoms with E-state index < -0.39 is 5.76 Å². The van der Waals surface area contributed by atoms with Crippen molar-refractivity contribution in [1.82, 2.24) is 20.3 Å². The maximum Gasteiger partial charge on any atom is 0.438 e. The van der Waals surface area contributed by atoms with Crippen LogP contribution in [0, 0.1) is 0 Å². The van der Waals surface area contributed by atoms with Crippen molar-refractivity contribution in [2.75, 3.05) is 0 Å². The molecule has 0 unspecified atom stereocenters. The smallest absolute Gasteiger partial charge is 0.296 e. The molecule has 0 aliphatic heterocycles. The molecule has 0 aliphatic rings. The molecule has 6 heteroatoms. The Hall–Kier alpha value is -1.98. The molecule has 0 radical (unpaired) electrons. The van der Waals surface area contributed by atoms with E-state index in [-0.39, 0.29) is 0 Å². The quantitative estimate of drug-likeness (QED) is 0.685. The molecule has 2 rings (SSSR count). The number of nitrogens with one attached hydrogen (secondary N) is 1. The molecular formula is C7H6N4O2. The van der Waals surface area contributed by atoms with Gasteiger partial charge in [0.05, 0.1) is 6.20 Å². The van der Waals surface area contributed by atoms with E-state index >= 15 is 0 Å². The van der Waals surface area contributed by atoms with Crippen LogP contribution in [0.4, 0.5) is 0 Å². The van der Waals surface area contributed by atoms with Gasteiger partial charge in [0.2, 0.25) is 0 Å². The van der Waals surface area contributed by atoms with Crippen LogP contribution in [0.15, 0.2) is 27.8 Å². The molecule has 2 aromatic heterocycles. The SMILES string of the molecule is O=c1[nH]c(Cc2ccnnc2)no1. The largest absolute Gasteiger partial charge is 0.438 e. The van der Waals surface area contributed by atoms with Gasteiger partial charge in [-0.2, -0.15) is 10.2 Å². The number of aromatic amines is 1. The number of rotatable bonds is 2. The summed E-state index contributed by atoms with van der Waals surface area (Å²) in [5, 5.41) is 10.8. The highest BCUT2D eigenvalue weighted by Gasteiger charge is 2.01. The summed E-state index contributed by atoms with van der Waals surface area (Å²) in [7, 11) is 0. The van der Waals surface area contributed by atoms with Gasteiger partial charge in [-0.1, -0.05) is 5.16 Å². The lowest BCUT2D eigenvalue weighted by atomic mass is 10.2. The number of hydrogen-bond donors (Lipinski definition) is 1. The molecule has 0 amide bonds. The van der Waals surface area contributed by atoms with Crippen molar-refractivity contribution in [3.63, 3.8) is 0 Å². The van der Waals surface area contributed by atoms with Gasteiger partial charge in [0.15, 0.2) is 5.82 Å². The topological polar surface area (TPSA) is 84.7 Å². The summed E-state index contributed by atoms with van der Waals surface area (Å²) in [6, 6.07) is 1.79. The number of aromatic nitrogens is 4. The Labute approximate surface area is 72.6 Å². The van der Waals surface area contributed by atoms with Gasteiger partial charge in [0.1, 0.15) is 0 Å². The minimum atomic E-state index is -0.544. The molecular weight excluding hydrogens is 172 g/mol. The van der Waals surface area contributed by atoms with Crippen LogP contribution in [0.2, 0.25) is 0 Å². The molecule has 0 saturated carbocycles. The molecule has 66 valence electrons. The number of nitrogens with zero attached hydrogens (tertiary/aromatic N) is 3. The van der Waals surface area contributed by atoms with E-state index in [4.69, 9.17) is 0 Å². The van der Waals surface area contributed by atoms with Gasteiger partial charge in [0.25, 0.3) is 0 Å². The Balaban J connectivity index is 2.20. The Kier molecular flexibility index (Phi) is 1.87. The lowest BCUT2D eigenvalue weighted by molar-refractivity contribution is 0.382. The van der Waals surface area contributed by atoms with E-state index in [9.17, 15) is 4.79 Å². The van der Waals surface area contributed by atoms with Crippen molar-refractivity contribution < 1.29 is 4.52 Å². The van der Waals surface area contributed by atoms with Crippen molar-refractivity contribution in [1.29, 1.82) is 0 Å². The molecule has 0 saturated heterocycles. The van der Waals surface area contributed by atoms with E-state index in [0.717, 1.165) is 5.56 Å². The van der Waals surface area contributed by atoms with Gasteiger partial charge in [0, 0.05) is 12.6 Å². The number of hydrogen-bond acceptors (Lipinski definition) is 5. The molecule has 6 nitrogen and oxygen atoms in total. The van der Waals surface area contributed by atoms with Crippen molar-refractivity contribution in [3.05, 3.63) is 40.4 Å². The molecule has 13 heavy (non-hydrogen) atoms. The maximum atomic E-state index is 10.6. The van der Waals surface area contributed by atoms with Gasteiger partial charge in [-0.05, 0) is 11.6 Å². The minimum absolute atomic E-state index is 0.484. The van der Waals surface area contributed by atoms with E-state index in [2.05, 4.69) is 24.9 Å². The fraction of sp³-hybridized carbons (Fsp3) is 0.143. The van der Waals surface area contributed by atoms with Crippen LogP contribution in [-0.2, 0) is 6.42 Å². The Morgan fingerprint density at radius 3 is 3.00 bits per heavy atom.